The van der Waals surface area contributed by atoms with Gasteiger partial charge in [-0.1, -0.05) is 13.3 Å². The molecule has 2 aliphatic rings. The van der Waals surface area contributed by atoms with Gasteiger partial charge in [-0.2, -0.15) is 0 Å². The molecule has 1 aliphatic carbocycles. The molecule has 0 bridgehead atoms. The summed E-state index contributed by atoms with van der Waals surface area (Å²) in [6, 6.07) is 0. The average Bonchev–Trinajstić information content (AvgIpc) is 2.26. The van der Waals surface area contributed by atoms with Crippen LogP contribution in [0.5, 0.6) is 0 Å². The summed E-state index contributed by atoms with van der Waals surface area (Å²) in [5, 5.41) is 3.11. The van der Waals surface area contributed by atoms with E-state index in [-0.39, 0.29) is 17.0 Å². The molecule has 1 N–H and O–H groups in total. The molecule has 1 saturated carbocycles. The number of ether oxygens (including phenoxy) is 1. The summed E-state index contributed by atoms with van der Waals surface area (Å²) in [7, 11) is 0. The van der Waals surface area contributed by atoms with Crippen LogP contribution in [-0.2, 0) is 9.53 Å². The van der Waals surface area contributed by atoms with Crippen LogP contribution in [0.3, 0.4) is 0 Å². The molecule has 1 atom stereocenters. The Morgan fingerprint density at radius 2 is 2.00 bits per heavy atom. The van der Waals surface area contributed by atoms with Crippen LogP contribution in [0.1, 0.15) is 52.4 Å². The first-order chi connectivity index (χ1) is 7.10. The van der Waals surface area contributed by atoms with E-state index in [4.69, 9.17) is 4.74 Å². The van der Waals surface area contributed by atoms with E-state index in [2.05, 4.69) is 5.32 Å². The zero-order valence-corrected chi connectivity index (χ0v) is 9.77. The summed E-state index contributed by atoms with van der Waals surface area (Å²) < 4.78 is 5.95. The number of hydrogen-bond acceptors (Lipinski definition) is 2. The van der Waals surface area contributed by atoms with Crippen molar-refractivity contribution in [3.8, 4) is 0 Å². The maximum absolute atomic E-state index is 12.0. The number of hydrogen-bond donors (Lipinski definition) is 1. The highest BCUT2D eigenvalue weighted by molar-refractivity contribution is 5.83. The summed E-state index contributed by atoms with van der Waals surface area (Å²) in [5.41, 5.74) is -0.632. The standard InChI is InChI=1S/C12H21NO2/c1-3-11(2)9-15-12(13-10(11)14)7-5-4-6-8-12/h3-9H2,1-2H3,(H,13,14). The Labute approximate surface area is 91.6 Å². The lowest BCUT2D eigenvalue weighted by Gasteiger charge is -2.46. The Morgan fingerprint density at radius 3 is 2.53 bits per heavy atom. The van der Waals surface area contributed by atoms with Crippen molar-refractivity contribution >= 4 is 5.91 Å². The van der Waals surface area contributed by atoms with Crippen molar-refractivity contribution < 1.29 is 9.53 Å². The molecule has 0 aromatic carbocycles. The zero-order chi connectivity index (χ0) is 10.9. The van der Waals surface area contributed by atoms with Crippen molar-refractivity contribution in [2.75, 3.05) is 6.61 Å². The summed E-state index contributed by atoms with van der Waals surface area (Å²) in [4.78, 5) is 12.0. The van der Waals surface area contributed by atoms with Crippen LogP contribution in [0.25, 0.3) is 0 Å². The molecular weight excluding hydrogens is 190 g/mol. The fourth-order valence-corrected chi connectivity index (χ4v) is 2.41. The lowest BCUT2D eigenvalue weighted by molar-refractivity contribution is -0.180. The summed E-state index contributed by atoms with van der Waals surface area (Å²) >= 11 is 0. The monoisotopic (exact) mass is 211 g/mol. The van der Waals surface area contributed by atoms with Gasteiger partial charge in [0.25, 0.3) is 0 Å². The van der Waals surface area contributed by atoms with Crippen molar-refractivity contribution in [1.82, 2.24) is 5.32 Å². The minimum Gasteiger partial charge on any atom is -0.355 e. The highest BCUT2D eigenvalue weighted by Crippen LogP contribution is 2.36. The van der Waals surface area contributed by atoms with E-state index in [0.29, 0.717) is 6.61 Å². The van der Waals surface area contributed by atoms with Gasteiger partial charge in [0, 0.05) is 0 Å². The first kappa shape index (κ1) is 10.9. The molecule has 0 aromatic rings. The lowest BCUT2D eigenvalue weighted by Crippen LogP contribution is -2.62. The van der Waals surface area contributed by atoms with E-state index < -0.39 is 0 Å². The maximum atomic E-state index is 12.0. The summed E-state index contributed by atoms with van der Waals surface area (Å²) in [5.74, 6) is 0.179. The van der Waals surface area contributed by atoms with Crippen LogP contribution < -0.4 is 5.32 Å². The minimum atomic E-state index is -0.317. The Bertz CT molecular complexity index is 258. The van der Waals surface area contributed by atoms with E-state index in [9.17, 15) is 4.79 Å². The van der Waals surface area contributed by atoms with E-state index in [1.54, 1.807) is 0 Å². The first-order valence-electron chi connectivity index (χ1n) is 6.07. The second kappa shape index (κ2) is 3.78. The fraction of sp³-hybridized carbons (Fsp3) is 0.917. The SMILES string of the molecule is CCC1(C)COC2(CCCCC2)NC1=O. The predicted octanol–water partition coefficient (Wildman–Crippen LogP) is 2.21. The van der Waals surface area contributed by atoms with Crippen molar-refractivity contribution in [2.24, 2.45) is 5.41 Å². The van der Waals surface area contributed by atoms with E-state index in [1.165, 1.54) is 19.3 Å². The van der Waals surface area contributed by atoms with E-state index in [0.717, 1.165) is 19.3 Å². The minimum absolute atomic E-state index is 0.179. The number of rotatable bonds is 1. The zero-order valence-electron chi connectivity index (χ0n) is 9.77. The second-order valence-electron chi connectivity index (χ2n) is 5.21. The van der Waals surface area contributed by atoms with Gasteiger partial charge in [0.2, 0.25) is 5.91 Å². The van der Waals surface area contributed by atoms with Gasteiger partial charge >= 0.3 is 0 Å². The molecule has 3 nitrogen and oxygen atoms in total. The Hall–Kier alpha value is -0.570. The molecule has 0 aromatic heterocycles. The van der Waals surface area contributed by atoms with Gasteiger partial charge < -0.3 is 10.1 Å². The molecule has 2 fully saturated rings. The van der Waals surface area contributed by atoms with Gasteiger partial charge in [-0.15, -0.1) is 0 Å². The smallest absolute Gasteiger partial charge is 0.230 e. The number of nitrogens with one attached hydrogen (secondary N) is 1. The van der Waals surface area contributed by atoms with Crippen LogP contribution in [0.15, 0.2) is 0 Å². The van der Waals surface area contributed by atoms with Crippen molar-refractivity contribution in [3.63, 3.8) is 0 Å². The molecule has 2 rings (SSSR count). The van der Waals surface area contributed by atoms with E-state index >= 15 is 0 Å². The van der Waals surface area contributed by atoms with Crippen LogP contribution in [0.4, 0.5) is 0 Å². The molecule has 1 heterocycles. The van der Waals surface area contributed by atoms with Crippen molar-refractivity contribution in [3.05, 3.63) is 0 Å². The number of amides is 1. The molecule has 15 heavy (non-hydrogen) atoms. The third-order valence-electron chi connectivity index (χ3n) is 4.00. The molecule has 3 heteroatoms. The molecule has 86 valence electrons. The number of carbonyl (C=O) groups is 1. The molecule has 1 saturated heterocycles. The molecule has 1 amide bonds. The molecule has 1 unspecified atom stereocenters. The molecular formula is C12H21NO2. The Balaban J connectivity index is 2.07. The normalized spacial score (nSPS) is 35.2. The fourth-order valence-electron chi connectivity index (χ4n) is 2.41. The third kappa shape index (κ3) is 1.89. The van der Waals surface area contributed by atoms with Gasteiger partial charge in [-0.3, -0.25) is 4.79 Å². The van der Waals surface area contributed by atoms with Crippen LogP contribution in [0, 0.1) is 5.41 Å². The third-order valence-corrected chi connectivity index (χ3v) is 4.00. The lowest BCUT2D eigenvalue weighted by atomic mass is 9.82. The van der Waals surface area contributed by atoms with Gasteiger partial charge in [-0.05, 0) is 39.0 Å². The topological polar surface area (TPSA) is 38.3 Å². The van der Waals surface area contributed by atoms with Gasteiger partial charge in [0.15, 0.2) is 0 Å². The first-order valence-corrected chi connectivity index (χ1v) is 6.07. The van der Waals surface area contributed by atoms with Crippen LogP contribution in [-0.4, -0.2) is 18.2 Å². The second-order valence-corrected chi connectivity index (χ2v) is 5.21. The van der Waals surface area contributed by atoms with Gasteiger partial charge in [-0.25, -0.2) is 0 Å². The van der Waals surface area contributed by atoms with Crippen LogP contribution in [0.2, 0.25) is 0 Å². The quantitative estimate of drug-likeness (QED) is 0.722. The summed E-state index contributed by atoms with van der Waals surface area (Å²) in [6.07, 6.45) is 6.42. The van der Waals surface area contributed by atoms with Gasteiger partial charge in [0.05, 0.1) is 12.0 Å². The molecule has 1 spiro atoms. The Morgan fingerprint density at radius 1 is 1.33 bits per heavy atom. The summed E-state index contributed by atoms with van der Waals surface area (Å²) in [6.45, 7) is 4.61. The van der Waals surface area contributed by atoms with Gasteiger partial charge in [0.1, 0.15) is 5.72 Å². The molecule has 0 radical (unpaired) electrons. The number of carbonyl (C=O) groups excluding carboxylic acids is 1. The largest absolute Gasteiger partial charge is 0.355 e. The average molecular weight is 211 g/mol. The van der Waals surface area contributed by atoms with Crippen molar-refractivity contribution in [1.29, 1.82) is 0 Å². The van der Waals surface area contributed by atoms with E-state index in [1.807, 2.05) is 13.8 Å². The predicted molar refractivity (Wildman–Crippen MR) is 58.3 cm³/mol. The van der Waals surface area contributed by atoms with Crippen molar-refractivity contribution in [2.45, 2.75) is 58.1 Å². The highest BCUT2D eigenvalue weighted by Gasteiger charge is 2.46. The highest BCUT2D eigenvalue weighted by atomic mass is 16.5. The Kier molecular flexibility index (Phi) is 2.75. The molecule has 1 aliphatic heterocycles. The van der Waals surface area contributed by atoms with Crippen LogP contribution >= 0.6 is 0 Å². The maximum Gasteiger partial charge on any atom is 0.230 e.